The second-order valence-corrected chi connectivity index (χ2v) is 11.5. The lowest BCUT2D eigenvalue weighted by atomic mass is 10.0. The van der Waals surface area contributed by atoms with Crippen LogP contribution in [0.5, 0.6) is 0 Å². The van der Waals surface area contributed by atoms with E-state index in [-0.39, 0.29) is 22.9 Å². The number of carbonyl (C=O) groups is 1. The first-order chi connectivity index (χ1) is 20.1. The van der Waals surface area contributed by atoms with Crippen molar-refractivity contribution in [3.05, 3.63) is 92.8 Å². The maximum absolute atomic E-state index is 13.8. The van der Waals surface area contributed by atoms with Crippen molar-refractivity contribution in [2.24, 2.45) is 0 Å². The van der Waals surface area contributed by atoms with E-state index in [4.69, 9.17) is 23.2 Å². The summed E-state index contributed by atoms with van der Waals surface area (Å²) in [5.74, 6) is -0.167. The molecule has 2 aliphatic rings. The average Bonchev–Trinajstić information content (AvgIpc) is 2.98. The van der Waals surface area contributed by atoms with Gasteiger partial charge in [0.2, 0.25) is 0 Å². The van der Waals surface area contributed by atoms with E-state index < -0.39 is 17.6 Å². The van der Waals surface area contributed by atoms with Gasteiger partial charge in [-0.3, -0.25) is 14.6 Å². The highest BCUT2D eigenvalue weighted by atomic mass is 35.5. The summed E-state index contributed by atoms with van der Waals surface area (Å²) in [6.07, 6.45) is -0.840. The Bertz CT molecular complexity index is 1390. The summed E-state index contributed by atoms with van der Waals surface area (Å²) < 4.78 is 52.0. The predicted molar refractivity (Wildman–Crippen MR) is 155 cm³/mol. The largest absolute Gasteiger partial charge is 0.416 e. The first kappa shape index (κ1) is 30.5. The fraction of sp³-hybridized carbons (Fsp3) is 0.400. The van der Waals surface area contributed by atoms with E-state index in [1.54, 1.807) is 12.1 Å². The molecule has 2 fully saturated rings. The second kappa shape index (κ2) is 13.2. The van der Waals surface area contributed by atoms with E-state index in [2.05, 4.69) is 25.0 Å². The van der Waals surface area contributed by atoms with Gasteiger partial charge in [-0.25, -0.2) is 9.37 Å². The number of piperidine rings is 1. The molecule has 2 saturated heterocycles. The number of pyridine rings is 1. The van der Waals surface area contributed by atoms with E-state index in [0.29, 0.717) is 29.0 Å². The van der Waals surface area contributed by atoms with Crippen LogP contribution in [0.25, 0.3) is 0 Å². The van der Waals surface area contributed by atoms with Crippen molar-refractivity contribution in [3.63, 3.8) is 0 Å². The van der Waals surface area contributed by atoms with Gasteiger partial charge in [-0.1, -0.05) is 41.4 Å². The standard InChI is InChI=1S/C30H31Cl2F4N5O/c31-25-6-3-21(15-27(25)33)19-39-9-7-24(8-10-39)40-11-13-41(14-12-40)28-26(32)16-22(18-37-28)29(42)38-17-20-1-4-23(5-2-20)30(34,35)36/h1-6,15-16,18,24H,7-14,17,19H2,(H,38,42). The molecular weight excluding hydrogens is 593 g/mol. The number of nitrogens with zero attached hydrogens (tertiary/aromatic N) is 4. The van der Waals surface area contributed by atoms with Crippen molar-refractivity contribution >= 4 is 34.9 Å². The van der Waals surface area contributed by atoms with Crippen LogP contribution >= 0.6 is 23.2 Å². The van der Waals surface area contributed by atoms with Gasteiger partial charge in [0.1, 0.15) is 11.6 Å². The molecule has 0 radical (unpaired) electrons. The Morgan fingerprint density at radius 2 is 1.57 bits per heavy atom. The number of hydrogen-bond acceptors (Lipinski definition) is 5. The zero-order valence-corrected chi connectivity index (χ0v) is 24.3. The molecular formula is C30H31Cl2F4N5O. The molecule has 2 aromatic carbocycles. The molecule has 0 atom stereocenters. The number of nitrogens with one attached hydrogen (secondary N) is 1. The number of piperazine rings is 1. The first-order valence-corrected chi connectivity index (χ1v) is 14.6. The number of likely N-dealkylation sites (tertiary alicyclic amines) is 1. The van der Waals surface area contributed by atoms with E-state index in [9.17, 15) is 22.4 Å². The Morgan fingerprint density at radius 3 is 2.19 bits per heavy atom. The minimum atomic E-state index is -4.40. The Balaban J connectivity index is 1.08. The van der Waals surface area contributed by atoms with Crippen LogP contribution in [-0.4, -0.2) is 66.0 Å². The minimum absolute atomic E-state index is 0.0803. The Morgan fingerprint density at radius 1 is 0.905 bits per heavy atom. The quantitative estimate of drug-likeness (QED) is 0.315. The predicted octanol–water partition coefficient (Wildman–Crippen LogP) is 6.26. The van der Waals surface area contributed by atoms with E-state index in [0.717, 1.165) is 69.8 Å². The van der Waals surface area contributed by atoms with Crippen molar-refractivity contribution in [2.45, 2.75) is 38.1 Å². The smallest absolute Gasteiger partial charge is 0.353 e. The summed E-state index contributed by atoms with van der Waals surface area (Å²) >= 11 is 12.3. The molecule has 3 heterocycles. The lowest BCUT2D eigenvalue weighted by molar-refractivity contribution is -0.137. The topological polar surface area (TPSA) is 51.7 Å². The number of hydrogen-bond donors (Lipinski definition) is 1. The fourth-order valence-electron chi connectivity index (χ4n) is 5.52. The molecule has 0 unspecified atom stereocenters. The number of halogens is 6. The van der Waals surface area contributed by atoms with E-state index in [1.165, 1.54) is 24.4 Å². The SMILES string of the molecule is O=C(NCc1ccc(C(F)(F)F)cc1)c1cnc(N2CCN(C3CCN(Cc4ccc(Cl)c(F)c4)CC3)CC2)c(Cl)c1. The van der Waals surface area contributed by atoms with Crippen molar-refractivity contribution in [2.75, 3.05) is 44.2 Å². The average molecular weight is 625 g/mol. The van der Waals surface area contributed by atoms with Crippen LogP contribution in [0.15, 0.2) is 54.7 Å². The van der Waals surface area contributed by atoms with Crippen LogP contribution in [0.4, 0.5) is 23.4 Å². The highest BCUT2D eigenvalue weighted by Gasteiger charge is 2.30. The summed E-state index contributed by atoms with van der Waals surface area (Å²) in [7, 11) is 0. The van der Waals surface area contributed by atoms with Gasteiger partial charge in [0.25, 0.3) is 5.91 Å². The molecule has 12 heteroatoms. The third-order valence-electron chi connectivity index (χ3n) is 7.90. The van der Waals surface area contributed by atoms with Crippen LogP contribution in [-0.2, 0) is 19.3 Å². The van der Waals surface area contributed by atoms with Crippen molar-refractivity contribution in [1.82, 2.24) is 20.1 Å². The highest BCUT2D eigenvalue weighted by molar-refractivity contribution is 6.33. The summed E-state index contributed by atoms with van der Waals surface area (Å²) in [6, 6.07) is 11.7. The Kier molecular flexibility index (Phi) is 9.57. The molecule has 0 bridgehead atoms. The monoisotopic (exact) mass is 623 g/mol. The molecule has 0 saturated carbocycles. The summed E-state index contributed by atoms with van der Waals surface area (Å²) in [4.78, 5) is 24.1. The van der Waals surface area contributed by atoms with Gasteiger partial charge in [0, 0.05) is 51.5 Å². The molecule has 42 heavy (non-hydrogen) atoms. The Labute approximate surface area is 252 Å². The van der Waals surface area contributed by atoms with Crippen LogP contribution < -0.4 is 10.2 Å². The molecule has 224 valence electrons. The summed E-state index contributed by atoms with van der Waals surface area (Å²) in [6.45, 7) is 5.96. The van der Waals surface area contributed by atoms with Crippen molar-refractivity contribution in [1.29, 1.82) is 0 Å². The third kappa shape index (κ3) is 7.53. The van der Waals surface area contributed by atoms with Gasteiger partial charge in [-0.2, -0.15) is 13.2 Å². The van der Waals surface area contributed by atoms with E-state index in [1.807, 2.05) is 6.07 Å². The van der Waals surface area contributed by atoms with Gasteiger partial charge < -0.3 is 10.2 Å². The number of amides is 1. The fourth-order valence-corrected chi connectivity index (χ4v) is 5.92. The number of aromatic nitrogens is 1. The molecule has 1 aromatic heterocycles. The number of alkyl halides is 3. The van der Waals surface area contributed by atoms with Gasteiger partial charge in [0.05, 0.1) is 21.2 Å². The first-order valence-electron chi connectivity index (χ1n) is 13.8. The maximum Gasteiger partial charge on any atom is 0.416 e. The van der Waals surface area contributed by atoms with Gasteiger partial charge in [0.15, 0.2) is 0 Å². The molecule has 0 spiro atoms. The number of benzene rings is 2. The van der Waals surface area contributed by atoms with Crippen LogP contribution in [0.1, 0.15) is 39.9 Å². The number of carbonyl (C=O) groups excluding carboxylic acids is 1. The zero-order valence-electron chi connectivity index (χ0n) is 22.8. The second-order valence-electron chi connectivity index (χ2n) is 10.7. The summed E-state index contributed by atoms with van der Waals surface area (Å²) in [5.41, 5.74) is 1.02. The molecule has 5 rings (SSSR count). The van der Waals surface area contributed by atoms with Crippen LogP contribution in [0.3, 0.4) is 0 Å². The molecule has 1 amide bonds. The maximum atomic E-state index is 13.8. The van der Waals surface area contributed by atoms with Crippen molar-refractivity contribution in [3.8, 4) is 0 Å². The van der Waals surface area contributed by atoms with Gasteiger partial charge in [-0.05, 0) is 67.4 Å². The number of anilines is 1. The van der Waals surface area contributed by atoms with E-state index >= 15 is 0 Å². The van der Waals surface area contributed by atoms with Gasteiger partial charge >= 0.3 is 6.18 Å². The molecule has 1 N–H and O–H groups in total. The minimum Gasteiger partial charge on any atom is -0.353 e. The van der Waals surface area contributed by atoms with Crippen molar-refractivity contribution < 1.29 is 22.4 Å². The molecule has 0 aliphatic carbocycles. The third-order valence-corrected chi connectivity index (χ3v) is 8.48. The Hall–Kier alpha value is -2.92. The van der Waals surface area contributed by atoms with Crippen LogP contribution in [0, 0.1) is 5.82 Å². The normalized spacial score (nSPS) is 17.4. The lowest BCUT2D eigenvalue weighted by Gasteiger charge is -2.43. The van der Waals surface area contributed by atoms with Crippen LogP contribution in [0.2, 0.25) is 10.0 Å². The molecule has 2 aliphatic heterocycles. The molecule has 6 nitrogen and oxygen atoms in total. The number of rotatable bonds is 7. The lowest BCUT2D eigenvalue weighted by Crippen LogP contribution is -2.53. The van der Waals surface area contributed by atoms with Gasteiger partial charge in [-0.15, -0.1) is 0 Å². The summed E-state index contributed by atoms with van der Waals surface area (Å²) in [5, 5.41) is 3.21. The highest BCUT2D eigenvalue weighted by Crippen LogP contribution is 2.30. The zero-order chi connectivity index (χ0) is 29.9. The molecule has 3 aromatic rings.